The van der Waals surface area contributed by atoms with Gasteiger partial charge in [0.2, 0.25) is 0 Å². The highest BCUT2D eigenvalue weighted by atomic mass is 16.5. The van der Waals surface area contributed by atoms with Crippen LogP contribution >= 0.6 is 0 Å². The lowest BCUT2D eigenvalue weighted by Gasteiger charge is -2.49. The molecule has 0 amide bonds. The summed E-state index contributed by atoms with van der Waals surface area (Å²) in [4.78, 5) is 13.2. The number of rotatable bonds is 3. The Kier molecular flexibility index (Phi) is 4.28. The first kappa shape index (κ1) is 17.8. The van der Waals surface area contributed by atoms with E-state index in [4.69, 9.17) is 4.74 Å². The van der Waals surface area contributed by atoms with Crippen molar-refractivity contribution in [1.29, 1.82) is 0 Å². The molecule has 140 valence electrons. The first-order valence-electron chi connectivity index (χ1n) is 10.4. The van der Waals surface area contributed by atoms with E-state index in [1.54, 1.807) is 0 Å². The van der Waals surface area contributed by atoms with Gasteiger partial charge < -0.3 is 4.74 Å². The second kappa shape index (κ2) is 6.25. The standard InChI is InChI=1S/C24H32O2/c1-5-16(2)26-22(25)18-15-17-9-6-7-13-24(17,4)20-11-14-23(3)12-8-10-19(23)21(18)20/h7,9-10,13,16,18H,5-6,8,11-12,14-15H2,1-4H3/t16?,18-,23+,24+/m1/s1. The summed E-state index contributed by atoms with van der Waals surface area (Å²) in [5, 5.41) is 0. The van der Waals surface area contributed by atoms with Crippen LogP contribution in [0.4, 0.5) is 0 Å². The third-order valence-electron chi connectivity index (χ3n) is 7.43. The zero-order chi connectivity index (χ0) is 18.5. The average Bonchev–Trinajstić information content (AvgIpc) is 3.02. The molecule has 2 heteroatoms. The molecule has 2 nitrogen and oxygen atoms in total. The molecule has 4 aliphatic rings. The fourth-order valence-corrected chi connectivity index (χ4v) is 5.56. The van der Waals surface area contributed by atoms with Gasteiger partial charge in [-0.25, -0.2) is 0 Å². The van der Waals surface area contributed by atoms with E-state index in [0.717, 1.165) is 32.1 Å². The van der Waals surface area contributed by atoms with Crippen molar-refractivity contribution >= 4 is 5.97 Å². The Bertz CT molecular complexity index is 750. The molecule has 0 aromatic rings. The molecule has 4 atom stereocenters. The fraction of sp³-hybridized carbons (Fsp3) is 0.625. The Balaban J connectivity index is 1.83. The van der Waals surface area contributed by atoms with Gasteiger partial charge in [-0.15, -0.1) is 0 Å². The van der Waals surface area contributed by atoms with Crippen molar-refractivity contribution in [3.05, 3.63) is 46.6 Å². The van der Waals surface area contributed by atoms with Gasteiger partial charge in [-0.1, -0.05) is 49.3 Å². The topological polar surface area (TPSA) is 26.3 Å². The van der Waals surface area contributed by atoms with Gasteiger partial charge in [-0.3, -0.25) is 4.79 Å². The molecule has 0 N–H and O–H groups in total. The average molecular weight is 353 g/mol. The van der Waals surface area contributed by atoms with Gasteiger partial charge in [-0.05, 0) is 75.4 Å². The van der Waals surface area contributed by atoms with Crippen LogP contribution in [0.2, 0.25) is 0 Å². The number of carbonyl (C=O) groups is 1. The molecule has 0 saturated carbocycles. The van der Waals surface area contributed by atoms with Gasteiger partial charge in [0.1, 0.15) is 0 Å². The number of esters is 1. The first-order valence-corrected chi connectivity index (χ1v) is 10.4. The van der Waals surface area contributed by atoms with Gasteiger partial charge in [0.15, 0.2) is 0 Å². The minimum absolute atomic E-state index is 0.00545. The minimum atomic E-state index is -0.117. The van der Waals surface area contributed by atoms with Crippen LogP contribution in [-0.2, 0) is 9.53 Å². The van der Waals surface area contributed by atoms with E-state index in [9.17, 15) is 4.79 Å². The Morgan fingerprint density at radius 3 is 2.88 bits per heavy atom. The van der Waals surface area contributed by atoms with Crippen molar-refractivity contribution in [2.45, 2.75) is 78.7 Å². The number of ether oxygens (including phenoxy) is 1. The van der Waals surface area contributed by atoms with Gasteiger partial charge in [0, 0.05) is 5.41 Å². The van der Waals surface area contributed by atoms with Crippen molar-refractivity contribution in [1.82, 2.24) is 0 Å². The molecule has 0 aromatic heterocycles. The summed E-state index contributed by atoms with van der Waals surface area (Å²) in [7, 11) is 0. The van der Waals surface area contributed by atoms with Crippen LogP contribution in [0.1, 0.15) is 72.6 Å². The van der Waals surface area contributed by atoms with Crippen LogP contribution in [0.5, 0.6) is 0 Å². The van der Waals surface area contributed by atoms with Gasteiger partial charge in [-0.2, -0.15) is 0 Å². The van der Waals surface area contributed by atoms with Crippen LogP contribution in [0.3, 0.4) is 0 Å². The normalized spacial score (nSPS) is 36.5. The summed E-state index contributed by atoms with van der Waals surface area (Å²) in [6, 6.07) is 0. The summed E-state index contributed by atoms with van der Waals surface area (Å²) < 4.78 is 5.84. The zero-order valence-electron chi connectivity index (χ0n) is 16.7. The number of hydrogen-bond donors (Lipinski definition) is 0. The summed E-state index contributed by atoms with van der Waals surface area (Å²) in [5.41, 5.74) is 5.98. The predicted molar refractivity (Wildman–Crippen MR) is 106 cm³/mol. The molecule has 0 radical (unpaired) electrons. The molecule has 4 rings (SSSR count). The van der Waals surface area contributed by atoms with E-state index < -0.39 is 0 Å². The van der Waals surface area contributed by atoms with Crippen LogP contribution in [0.25, 0.3) is 0 Å². The lowest BCUT2D eigenvalue weighted by Crippen LogP contribution is -2.40. The number of carbonyl (C=O) groups excluding carboxylic acids is 1. The molecule has 0 aliphatic heterocycles. The fourth-order valence-electron chi connectivity index (χ4n) is 5.56. The third kappa shape index (κ3) is 2.56. The van der Waals surface area contributed by atoms with Crippen molar-refractivity contribution in [2.75, 3.05) is 0 Å². The Morgan fingerprint density at radius 1 is 1.31 bits per heavy atom. The molecule has 0 spiro atoms. The molecular weight excluding hydrogens is 320 g/mol. The molecule has 26 heavy (non-hydrogen) atoms. The van der Waals surface area contributed by atoms with Gasteiger partial charge in [0.25, 0.3) is 0 Å². The van der Waals surface area contributed by atoms with Gasteiger partial charge in [0.05, 0.1) is 12.0 Å². The zero-order valence-corrected chi connectivity index (χ0v) is 16.7. The lowest BCUT2D eigenvalue weighted by molar-refractivity contribution is -0.152. The van der Waals surface area contributed by atoms with Crippen LogP contribution in [-0.4, -0.2) is 12.1 Å². The highest BCUT2D eigenvalue weighted by Gasteiger charge is 2.50. The van der Waals surface area contributed by atoms with Crippen molar-refractivity contribution in [3.63, 3.8) is 0 Å². The summed E-state index contributed by atoms with van der Waals surface area (Å²) in [6.45, 7) is 8.84. The molecular formula is C24H32O2. The maximum absolute atomic E-state index is 13.2. The monoisotopic (exact) mass is 352 g/mol. The summed E-state index contributed by atoms with van der Waals surface area (Å²) in [5.74, 6) is -0.129. The van der Waals surface area contributed by atoms with Crippen molar-refractivity contribution < 1.29 is 9.53 Å². The maximum Gasteiger partial charge on any atom is 0.314 e. The molecule has 0 heterocycles. The molecule has 1 unspecified atom stereocenters. The number of fused-ring (bicyclic) bond motifs is 4. The highest BCUT2D eigenvalue weighted by Crippen LogP contribution is 2.61. The molecule has 0 saturated heterocycles. The Labute approximate surface area is 158 Å². The highest BCUT2D eigenvalue weighted by molar-refractivity contribution is 5.80. The van der Waals surface area contributed by atoms with E-state index in [1.807, 2.05) is 6.92 Å². The van der Waals surface area contributed by atoms with Crippen LogP contribution in [0, 0.1) is 16.7 Å². The third-order valence-corrected chi connectivity index (χ3v) is 7.43. The van der Waals surface area contributed by atoms with Crippen LogP contribution < -0.4 is 0 Å². The summed E-state index contributed by atoms with van der Waals surface area (Å²) in [6.07, 6.45) is 16.8. The van der Waals surface area contributed by atoms with E-state index in [1.165, 1.54) is 35.1 Å². The van der Waals surface area contributed by atoms with Crippen molar-refractivity contribution in [2.24, 2.45) is 16.7 Å². The first-order chi connectivity index (χ1) is 12.4. The van der Waals surface area contributed by atoms with Crippen LogP contribution in [0.15, 0.2) is 46.6 Å². The summed E-state index contributed by atoms with van der Waals surface area (Å²) >= 11 is 0. The largest absolute Gasteiger partial charge is 0.462 e. The maximum atomic E-state index is 13.2. The van der Waals surface area contributed by atoms with E-state index >= 15 is 0 Å². The Morgan fingerprint density at radius 2 is 2.12 bits per heavy atom. The quantitative estimate of drug-likeness (QED) is 0.456. The van der Waals surface area contributed by atoms with Gasteiger partial charge >= 0.3 is 5.97 Å². The predicted octanol–water partition coefficient (Wildman–Crippen LogP) is 6.06. The molecule has 0 aromatic carbocycles. The molecule has 4 aliphatic carbocycles. The van der Waals surface area contributed by atoms with E-state index in [0.29, 0.717) is 0 Å². The number of hydrogen-bond acceptors (Lipinski definition) is 2. The van der Waals surface area contributed by atoms with E-state index in [2.05, 4.69) is 45.1 Å². The van der Waals surface area contributed by atoms with Crippen molar-refractivity contribution in [3.8, 4) is 0 Å². The molecule has 0 fully saturated rings. The second-order valence-corrected chi connectivity index (χ2v) is 9.09. The SMILES string of the molecule is CCC(C)OC(=O)[C@@H]1CC2=CCC=C[C@]2(C)C2=C1C1=CCC[C@@]1(C)CC2. The number of allylic oxidation sites excluding steroid dienone is 7. The minimum Gasteiger partial charge on any atom is -0.462 e. The van der Waals surface area contributed by atoms with E-state index in [-0.39, 0.29) is 28.8 Å². The second-order valence-electron chi connectivity index (χ2n) is 9.09. The molecule has 0 bridgehead atoms. The Hall–Kier alpha value is -1.57. The smallest absolute Gasteiger partial charge is 0.314 e. The lowest BCUT2D eigenvalue weighted by atomic mass is 9.55.